The number of carbonyl (C=O) groups excluding carboxylic acids is 2. The lowest BCUT2D eigenvalue weighted by atomic mass is 9.96. The zero-order chi connectivity index (χ0) is 35.2. The number of esters is 1. The van der Waals surface area contributed by atoms with E-state index in [0.29, 0.717) is 22.0 Å². The molecule has 15 heteroatoms. The maximum Gasteiger partial charge on any atom is 0.340 e. The van der Waals surface area contributed by atoms with Gasteiger partial charge >= 0.3 is 5.97 Å². The van der Waals surface area contributed by atoms with Crippen molar-refractivity contribution in [2.45, 2.75) is 61.2 Å². The summed E-state index contributed by atoms with van der Waals surface area (Å²) in [7, 11) is 0. The lowest BCUT2D eigenvalue weighted by molar-refractivity contribution is -0.318. The van der Waals surface area contributed by atoms with E-state index < -0.39 is 80.6 Å². The number of rotatable bonds is 9. The molecule has 4 aromatic rings. The Morgan fingerprint density at radius 3 is 2.56 bits per heavy atom. The number of fused-ring (bicyclic) bond motifs is 2. The highest BCUT2D eigenvalue weighted by molar-refractivity contribution is 6.04. The number of phenols is 1. The molecule has 15 nitrogen and oxygen atoms in total. The lowest BCUT2D eigenvalue weighted by Gasteiger charge is -2.42. The average Bonchev–Trinajstić information content (AvgIpc) is 3.67. The van der Waals surface area contributed by atoms with Crippen LogP contribution in [0.15, 0.2) is 72.9 Å². The molecule has 0 spiro atoms. The number of benzene rings is 3. The van der Waals surface area contributed by atoms with E-state index in [2.05, 4.69) is 4.98 Å². The Kier molecular flexibility index (Phi) is 9.23. The van der Waals surface area contributed by atoms with Crippen molar-refractivity contribution in [3.8, 4) is 17.2 Å². The number of Topliss-reactive ketones (excluding diaryl/α,β-unsaturated/α-hetero) is 1. The fraction of sp³-hybridized carbons (Fsp3) is 0.371. The summed E-state index contributed by atoms with van der Waals surface area (Å²) < 4.78 is 34.3. The van der Waals surface area contributed by atoms with Crippen molar-refractivity contribution in [3.05, 3.63) is 89.6 Å². The van der Waals surface area contributed by atoms with Crippen LogP contribution in [0.4, 0.5) is 0 Å². The van der Waals surface area contributed by atoms with Crippen LogP contribution in [0.3, 0.4) is 0 Å². The van der Waals surface area contributed by atoms with Gasteiger partial charge in [-0.2, -0.15) is 0 Å². The predicted octanol–water partition coefficient (Wildman–Crippen LogP) is 1.09. The second-order valence-corrected chi connectivity index (χ2v) is 12.5. The summed E-state index contributed by atoms with van der Waals surface area (Å²) in [5.74, 6) is -0.456. The molecule has 2 fully saturated rings. The summed E-state index contributed by atoms with van der Waals surface area (Å²) in [6.07, 6.45) is -9.99. The quantitative estimate of drug-likeness (QED) is 0.122. The van der Waals surface area contributed by atoms with Crippen LogP contribution < -0.4 is 9.47 Å². The molecule has 2 saturated heterocycles. The third-order valence-corrected chi connectivity index (χ3v) is 9.09. The number of aliphatic hydroxyl groups is 5. The van der Waals surface area contributed by atoms with Gasteiger partial charge in [0.25, 0.3) is 0 Å². The Morgan fingerprint density at radius 2 is 1.78 bits per heavy atom. The van der Waals surface area contributed by atoms with E-state index in [1.807, 2.05) is 0 Å². The Morgan fingerprint density at radius 1 is 1.00 bits per heavy atom. The molecule has 0 amide bonds. The molecular formula is C35H35NO14. The number of H-pyrrole nitrogens is 1. The minimum atomic E-state index is -2.09. The van der Waals surface area contributed by atoms with Gasteiger partial charge in [-0.05, 0) is 35.9 Å². The van der Waals surface area contributed by atoms with Gasteiger partial charge in [0.2, 0.25) is 6.29 Å². The van der Waals surface area contributed by atoms with Gasteiger partial charge in [-0.3, -0.25) is 4.79 Å². The molecule has 0 bridgehead atoms. The van der Waals surface area contributed by atoms with Crippen LogP contribution in [0.5, 0.6) is 17.2 Å². The van der Waals surface area contributed by atoms with Gasteiger partial charge in [0.15, 0.2) is 23.8 Å². The minimum Gasteiger partial charge on any atom is -0.508 e. The predicted molar refractivity (Wildman–Crippen MR) is 169 cm³/mol. The van der Waals surface area contributed by atoms with Gasteiger partial charge in [0.1, 0.15) is 54.4 Å². The molecule has 50 heavy (non-hydrogen) atoms. The number of phenolic OH excluding ortho intramolecular Hbond substituents is 1. The van der Waals surface area contributed by atoms with Gasteiger partial charge in [0.05, 0.1) is 30.8 Å². The third-order valence-electron chi connectivity index (χ3n) is 9.09. The molecule has 9 atom stereocenters. The van der Waals surface area contributed by atoms with Crippen molar-refractivity contribution in [1.29, 1.82) is 0 Å². The average molecular weight is 694 g/mol. The molecule has 0 unspecified atom stereocenters. The van der Waals surface area contributed by atoms with Gasteiger partial charge in [-0.1, -0.05) is 30.3 Å². The molecule has 0 saturated carbocycles. The molecule has 264 valence electrons. The zero-order valence-corrected chi connectivity index (χ0v) is 26.3. The van der Waals surface area contributed by atoms with Gasteiger partial charge < -0.3 is 64.0 Å². The number of para-hydroxylation sites is 1. The first kappa shape index (κ1) is 33.9. The number of aromatic nitrogens is 1. The van der Waals surface area contributed by atoms with Crippen molar-refractivity contribution in [2.24, 2.45) is 0 Å². The Labute approximate surface area is 284 Å². The number of aliphatic hydroxyl groups excluding tert-OH is 4. The highest BCUT2D eigenvalue weighted by Gasteiger charge is 2.54. The molecule has 7 N–H and O–H groups in total. The van der Waals surface area contributed by atoms with Crippen LogP contribution in [-0.2, 0) is 18.9 Å². The summed E-state index contributed by atoms with van der Waals surface area (Å²) in [6.45, 7) is -1.83. The van der Waals surface area contributed by atoms with E-state index >= 15 is 0 Å². The first-order valence-corrected chi connectivity index (χ1v) is 15.9. The molecule has 3 aromatic carbocycles. The molecule has 7 rings (SSSR count). The SMILES string of the molecule is O=C1C[C@@H](c2ccc(O[C@@H]3O[C@H](CO)[C@@H](O)[C@H](O)[C@H]3O[C@H]3OC[C@@](O)(COC(=O)c4c[nH]c5ccccc45)[C@@H]3O)cc2)Oc2cc(O)ccc21. The highest BCUT2D eigenvalue weighted by Crippen LogP contribution is 2.38. The number of nitrogens with one attached hydrogen (secondary N) is 1. The van der Waals surface area contributed by atoms with Crippen molar-refractivity contribution in [3.63, 3.8) is 0 Å². The number of hydrogen-bond donors (Lipinski definition) is 7. The van der Waals surface area contributed by atoms with Gasteiger partial charge in [-0.25, -0.2) is 4.79 Å². The molecule has 0 radical (unpaired) electrons. The summed E-state index contributed by atoms with van der Waals surface area (Å²) in [5, 5.41) is 64.0. The number of aromatic hydroxyl groups is 1. The highest BCUT2D eigenvalue weighted by atomic mass is 16.8. The molecule has 3 aliphatic rings. The van der Waals surface area contributed by atoms with Crippen LogP contribution >= 0.6 is 0 Å². The Bertz CT molecular complexity index is 1860. The van der Waals surface area contributed by atoms with E-state index in [4.69, 9.17) is 28.4 Å². The second kappa shape index (κ2) is 13.6. The van der Waals surface area contributed by atoms with Crippen molar-refractivity contribution >= 4 is 22.7 Å². The van der Waals surface area contributed by atoms with E-state index in [0.717, 1.165) is 0 Å². The maximum absolute atomic E-state index is 12.8. The molecule has 3 aliphatic heterocycles. The Balaban J connectivity index is 1.02. The molecule has 0 aliphatic carbocycles. The normalized spacial score (nSPS) is 30.9. The number of ketones is 1. The summed E-state index contributed by atoms with van der Waals surface area (Å²) in [5.41, 5.74) is -0.135. The fourth-order valence-electron chi connectivity index (χ4n) is 6.25. The van der Waals surface area contributed by atoms with Crippen molar-refractivity contribution in [2.75, 3.05) is 19.8 Å². The maximum atomic E-state index is 12.8. The van der Waals surface area contributed by atoms with Crippen molar-refractivity contribution in [1.82, 2.24) is 4.98 Å². The number of hydrogen-bond acceptors (Lipinski definition) is 14. The third kappa shape index (κ3) is 6.41. The first-order chi connectivity index (χ1) is 24.0. The molecular weight excluding hydrogens is 658 g/mol. The number of aromatic amines is 1. The lowest BCUT2D eigenvalue weighted by Crippen LogP contribution is -2.62. The van der Waals surface area contributed by atoms with Crippen LogP contribution in [0.2, 0.25) is 0 Å². The van der Waals surface area contributed by atoms with E-state index in [1.165, 1.54) is 24.4 Å². The fourth-order valence-corrected chi connectivity index (χ4v) is 6.25. The monoisotopic (exact) mass is 693 g/mol. The zero-order valence-electron chi connectivity index (χ0n) is 26.3. The first-order valence-electron chi connectivity index (χ1n) is 15.9. The molecule has 4 heterocycles. The summed E-state index contributed by atoms with van der Waals surface area (Å²) in [6, 6.07) is 17.8. The Hall–Kier alpha value is -4.58. The summed E-state index contributed by atoms with van der Waals surface area (Å²) >= 11 is 0. The molecule has 1 aromatic heterocycles. The number of carbonyl (C=O) groups is 2. The number of ether oxygens (including phenoxy) is 6. The van der Waals surface area contributed by atoms with E-state index in [1.54, 1.807) is 48.5 Å². The van der Waals surface area contributed by atoms with Crippen LogP contribution in [-0.4, -0.2) is 116 Å². The van der Waals surface area contributed by atoms with Crippen LogP contribution in [0, 0.1) is 0 Å². The minimum absolute atomic E-state index is 0.0382. The smallest absolute Gasteiger partial charge is 0.340 e. The summed E-state index contributed by atoms with van der Waals surface area (Å²) in [4.78, 5) is 28.5. The largest absolute Gasteiger partial charge is 0.508 e. The van der Waals surface area contributed by atoms with Gasteiger partial charge in [-0.15, -0.1) is 0 Å². The van der Waals surface area contributed by atoms with Gasteiger partial charge in [0, 0.05) is 23.2 Å². The second-order valence-electron chi connectivity index (χ2n) is 12.5. The van der Waals surface area contributed by atoms with E-state index in [-0.39, 0.29) is 35.0 Å². The van der Waals surface area contributed by atoms with Crippen LogP contribution in [0.25, 0.3) is 10.9 Å². The van der Waals surface area contributed by atoms with Crippen molar-refractivity contribution < 1.29 is 68.6 Å². The topological polar surface area (TPSA) is 227 Å². The van der Waals surface area contributed by atoms with E-state index in [9.17, 15) is 40.2 Å². The standard InChI is InChI=1S/C35H35NO14/c37-14-27-28(40)29(41)30(50-34-31(42)35(44,16-46-34)15-45-32(43)22-13-36-23-4-2-1-3-20(22)23)33(49-27)47-19-8-5-17(6-9-19)25-12-24(39)21-10-7-18(38)11-26(21)48-25/h1-11,13,25,27-31,33-34,36-38,40-42,44H,12,14-16H2/t25-,27+,28+,29-,30+,31+,33+,34+,35-/m0/s1. The van der Waals surface area contributed by atoms with Crippen LogP contribution in [0.1, 0.15) is 38.8 Å².